The highest BCUT2D eigenvalue weighted by Crippen LogP contribution is 2.32. The van der Waals surface area contributed by atoms with Crippen LogP contribution in [-0.2, 0) is 11.3 Å². The van der Waals surface area contributed by atoms with Crippen molar-refractivity contribution in [2.24, 2.45) is 0 Å². The van der Waals surface area contributed by atoms with Crippen LogP contribution in [0.5, 0.6) is 11.5 Å². The van der Waals surface area contributed by atoms with Crippen LogP contribution in [0.2, 0.25) is 0 Å². The number of hydrogen-bond acceptors (Lipinski definition) is 5. The molecule has 3 aromatic rings. The average molecular weight is 412 g/mol. The Labute approximate surface area is 173 Å². The van der Waals surface area contributed by atoms with Crippen molar-refractivity contribution in [1.29, 1.82) is 0 Å². The van der Waals surface area contributed by atoms with Gasteiger partial charge in [0.15, 0.2) is 16.7 Å². The summed E-state index contributed by atoms with van der Waals surface area (Å²) in [6, 6.07) is 14.1. The van der Waals surface area contributed by atoms with E-state index in [0.717, 1.165) is 60.4 Å². The van der Waals surface area contributed by atoms with Crippen molar-refractivity contribution in [3.8, 4) is 11.5 Å². The van der Waals surface area contributed by atoms with Gasteiger partial charge < -0.3 is 24.3 Å². The van der Waals surface area contributed by atoms with Crippen molar-refractivity contribution in [3.05, 3.63) is 48.0 Å². The molecule has 0 atom stereocenters. The number of nitrogens with one attached hydrogen (secondary N) is 2. The fourth-order valence-corrected chi connectivity index (χ4v) is 4.60. The number of H-pyrrole nitrogens is 1. The first-order valence-electron chi connectivity index (χ1n) is 9.82. The molecule has 0 saturated carbocycles. The van der Waals surface area contributed by atoms with Crippen LogP contribution < -0.4 is 14.4 Å². The van der Waals surface area contributed by atoms with Gasteiger partial charge in [0.2, 0.25) is 12.7 Å². The highest BCUT2D eigenvalue weighted by atomic mass is 32.2. The summed E-state index contributed by atoms with van der Waals surface area (Å²) >= 11 is 1.47. The second-order valence-corrected chi connectivity index (χ2v) is 8.31. The quantitative estimate of drug-likeness (QED) is 0.620. The molecule has 3 heterocycles. The number of quaternary nitrogens is 1. The zero-order valence-corrected chi connectivity index (χ0v) is 16.8. The molecule has 5 rings (SSSR count). The Morgan fingerprint density at radius 1 is 1.14 bits per heavy atom. The first kappa shape index (κ1) is 18.3. The van der Waals surface area contributed by atoms with E-state index in [4.69, 9.17) is 9.47 Å². The first-order chi connectivity index (χ1) is 14.2. The maximum Gasteiger partial charge on any atom is 0.233 e. The fraction of sp³-hybridized carbons (Fsp3) is 0.333. The Bertz CT molecular complexity index is 997. The maximum absolute atomic E-state index is 12.6. The van der Waals surface area contributed by atoms with Gasteiger partial charge in [-0.15, -0.1) is 0 Å². The second kappa shape index (κ2) is 7.96. The van der Waals surface area contributed by atoms with Gasteiger partial charge in [0.25, 0.3) is 0 Å². The van der Waals surface area contributed by atoms with Crippen molar-refractivity contribution < 1.29 is 19.2 Å². The number of piperazine rings is 1. The number of aromatic nitrogens is 2. The molecule has 0 aliphatic carbocycles. The van der Waals surface area contributed by atoms with Gasteiger partial charge in [-0.2, -0.15) is 0 Å². The fourth-order valence-electron chi connectivity index (χ4n) is 3.81. The number of hydrogen-bond donors (Lipinski definition) is 2. The summed E-state index contributed by atoms with van der Waals surface area (Å²) in [7, 11) is 0. The number of fused-ring (bicyclic) bond motifs is 2. The highest BCUT2D eigenvalue weighted by Gasteiger charge is 2.24. The number of carbonyl (C=O) groups is 1. The SMILES string of the molecule is O=C(CSc1nc2ccccc2[nH]1)N1CC[NH+](Cc2ccc3c(c2)OCO3)CC1. The molecule has 2 aliphatic heterocycles. The first-order valence-corrected chi connectivity index (χ1v) is 10.8. The summed E-state index contributed by atoms with van der Waals surface area (Å²) < 4.78 is 10.8. The largest absolute Gasteiger partial charge is 0.454 e. The summed E-state index contributed by atoms with van der Waals surface area (Å²) in [6.07, 6.45) is 0. The lowest BCUT2D eigenvalue weighted by molar-refractivity contribution is -0.917. The van der Waals surface area contributed by atoms with Crippen LogP contribution in [-0.4, -0.2) is 59.5 Å². The van der Waals surface area contributed by atoms with Crippen LogP contribution in [0.4, 0.5) is 0 Å². The maximum atomic E-state index is 12.6. The zero-order valence-electron chi connectivity index (χ0n) is 16.0. The molecule has 29 heavy (non-hydrogen) atoms. The summed E-state index contributed by atoms with van der Waals surface area (Å²) in [5.74, 6) is 2.24. The lowest BCUT2D eigenvalue weighted by Gasteiger charge is -2.32. The lowest BCUT2D eigenvalue weighted by atomic mass is 10.1. The smallest absolute Gasteiger partial charge is 0.233 e. The molecular weight excluding hydrogens is 388 g/mol. The van der Waals surface area contributed by atoms with Crippen molar-refractivity contribution >= 4 is 28.7 Å². The minimum Gasteiger partial charge on any atom is -0.454 e. The number of nitrogens with zero attached hydrogens (tertiary/aromatic N) is 2. The van der Waals surface area contributed by atoms with Gasteiger partial charge >= 0.3 is 0 Å². The molecule has 2 N–H and O–H groups in total. The monoisotopic (exact) mass is 411 g/mol. The molecule has 2 aliphatic rings. The molecule has 0 bridgehead atoms. The molecule has 1 amide bonds. The van der Waals surface area contributed by atoms with Crippen molar-refractivity contribution in [3.63, 3.8) is 0 Å². The number of thioether (sulfide) groups is 1. The van der Waals surface area contributed by atoms with Gasteiger partial charge in [0, 0.05) is 5.56 Å². The Morgan fingerprint density at radius 3 is 2.83 bits per heavy atom. The van der Waals surface area contributed by atoms with Gasteiger partial charge in [0.05, 0.1) is 43.0 Å². The van der Waals surface area contributed by atoms with Crippen LogP contribution in [0.3, 0.4) is 0 Å². The third kappa shape index (κ3) is 4.04. The van der Waals surface area contributed by atoms with Gasteiger partial charge in [-0.3, -0.25) is 4.79 Å². The molecule has 1 fully saturated rings. The van der Waals surface area contributed by atoms with E-state index in [9.17, 15) is 4.79 Å². The number of ether oxygens (including phenoxy) is 2. The highest BCUT2D eigenvalue weighted by molar-refractivity contribution is 7.99. The summed E-state index contributed by atoms with van der Waals surface area (Å²) in [4.78, 5) is 23.8. The second-order valence-electron chi connectivity index (χ2n) is 7.34. The number of rotatable bonds is 5. The third-order valence-corrected chi connectivity index (χ3v) is 6.27. The van der Waals surface area contributed by atoms with Gasteiger partial charge in [-0.05, 0) is 30.3 Å². The zero-order chi connectivity index (χ0) is 19.6. The number of carbonyl (C=O) groups excluding carboxylic acids is 1. The number of benzene rings is 2. The molecule has 1 saturated heterocycles. The molecule has 0 radical (unpaired) electrons. The summed E-state index contributed by atoms with van der Waals surface area (Å²) in [5, 5.41) is 0.798. The molecule has 0 unspecified atom stereocenters. The Hall–Kier alpha value is -2.71. The number of para-hydroxylation sites is 2. The van der Waals surface area contributed by atoms with Crippen LogP contribution in [0.1, 0.15) is 5.56 Å². The number of aromatic amines is 1. The average Bonchev–Trinajstić information content (AvgIpc) is 3.38. The minimum absolute atomic E-state index is 0.178. The standard InChI is InChI=1S/C21H22N4O3S/c26-20(13-29-21-22-16-3-1-2-4-17(16)23-21)25-9-7-24(8-10-25)12-15-5-6-18-19(11-15)28-14-27-18/h1-6,11H,7-10,12-14H2,(H,22,23)/p+1. The molecular formula is C21H23N4O3S+. The Kier molecular flexibility index (Phi) is 5.03. The van der Waals surface area contributed by atoms with Gasteiger partial charge in [-0.25, -0.2) is 4.98 Å². The number of amides is 1. The predicted octanol–water partition coefficient (Wildman–Crippen LogP) is 1.31. The number of imidazole rings is 1. The lowest BCUT2D eigenvalue weighted by Crippen LogP contribution is -3.13. The van der Waals surface area contributed by atoms with Crippen LogP contribution in [0.25, 0.3) is 11.0 Å². The Morgan fingerprint density at radius 2 is 1.97 bits per heavy atom. The van der Waals surface area contributed by atoms with Crippen molar-refractivity contribution in [1.82, 2.24) is 14.9 Å². The third-order valence-electron chi connectivity index (χ3n) is 5.41. The summed E-state index contributed by atoms with van der Waals surface area (Å²) in [5.41, 5.74) is 3.18. The van der Waals surface area contributed by atoms with E-state index in [1.165, 1.54) is 22.2 Å². The Balaban J connectivity index is 1.11. The summed E-state index contributed by atoms with van der Waals surface area (Å²) in [6.45, 7) is 4.73. The van der Waals surface area contributed by atoms with E-state index >= 15 is 0 Å². The van der Waals surface area contributed by atoms with Gasteiger partial charge in [-0.1, -0.05) is 23.9 Å². The normalized spacial score (nSPS) is 16.5. The molecule has 2 aromatic carbocycles. The topological polar surface area (TPSA) is 71.9 Å². The van der Waals surface area contributed by atoms with E-state index < -0.39 is 0 Å². The van der Waals surface area contributed by atoms with E-state index in [1.54, 1.807) is 0 Å². The minimum atomic E-state index is 0.178. The molecule has 7 nitrogen and oxygen atoms in total. The molecule has 150 valence electrons. The van der Waals surface area contributed by atoms with Crippen molar-refractivity contribution in [2.75, 3.05) is 38.7 Å². The van der Waals surface area contributed by atoms with Crippen molar-refractivity contribution in [2.45, 2.75) is 11.7 Å². The van der Waals surface area contributed by atoms with Crippen LogP contribution in [0.15, 0.2) is 47.6 Å². The molecule has 8 heteroatoms. The van der Waals surface area contributed by atoms with Crippen LogP contribution >= 0.6 is 11.8 Å². The van der Waals surface area contributed by atoms with E-state index in [0.29, 0.717) is 12.5 Å². The van der Waals surface area contributed by atoms with Gasteiger partial charge in [0.1, 0.15) is 6.54 Å². The molecule has 0 spiro atoms. The molecule has 1 aromatic heterocycles. The predicted molar refractivity (Wildman–Crippen MR) is 110 cm³/mol. The van der Waals surface area contributed by atoms with E-state index in [1.807, 2.05) is 35.2 Å². The van der Waals surface area contributed by atoms with E-state index in [2.05, 4.69) is 22.1 Å². The van der Waals surface area contributed by atoms with E-state index in [-0.39, 0.29) is 5.91 Å². The van der Waals surface area contributed by atoms with Crippen LogP contribution in [0, 0.1) is 0 Å².